The van der Waals surface area contributed by atoms with E-state index in [0.29, 0.717) is 11.1 Å². The van der Waals surface area contributed by atoms with Crippen LogP contribution in [0.4, 0.5) is 4.39 Å². The summed E-state index contributed by atoms with van der Waals surface area (Å²) in [5.41, 5.74) is 1.07. The van der Waals surface area contributed by atoms with Crippen molar-refractivity contribution < 1.29 is 9.18 Å². The molecule has 0 heterocycles. The summed E-state index contributed by atoms with van der Waals surface area (Å²) < 4.78 is 12.7. The lowest BCUT2D eigenvalue weighted by molar-refractivity contribution is 0.101. The Balaban J connectivity index is 0.000000500. The summed E-state index contributed by atoms with van der Waals surface area (Å²) in [6, 6.07) is 4.36. The normalized spacial score (nSPS) is 8.93. The number of aryl methyl sites for hydroxylation is 1. The van der Waals surface area contributed by atoms with Crippen LogP contribution in [-0.4, -0.2) is 5.78 Å². The van der Waals surface area contributed by atoms with Crippen LogP contribution >= 0.6 is 0 Å². The van der Waals surface area contributed by atoms with E-state index in [-0.39, 0.29) is 11.6 Å². The molecule has 0 unspecified atom stereocenters. The zero-order valence-corrected chi connectivity index (χ0v) is 9.23. The molecule has 78 valence electrons. The minimum Gasteiger partial charge on any atom is -0.295 e. The Morgan fingerprint density at radius 1 is 1.36 bits per heavy atom. The smallest absolute Gasteiger partial charge is 0.159 e. The molecule has 0 aliphatic heterocycles. The average molecular weight is 196 g/mol. The van der Waals surface area contributed by atoms with E-state index in [1.54, 1.807) is 13.0 Å². The van der Waals surface area contributed by atoms with Crippen LogP contribution in [0.25, 0.3) is 0 Å². The molecule has 0 saturated heterocycles. The number of ketones is 1. The number of carbonyl (C=O) groups excluding carboxylic acids is 1. The number of benzene rings is 1. The van der Waals surface area contributed by atoms with Crippen LogP contribution in [0, 0.1) is 12.7 Å². The summed E-state index contributed by atoms with van der Waals surface area (Å²) in [5, 5.41) is 0. The predicted molar refractivity (Wildman–Crippen MR) is 57.1 cm³/mol. The van der Waals surface area contributed by atoms with Crippen LogP contribution in [-0.2, 0) is 0 Å². The predicted octanol–water partition coefficient (Wildman–Crippen LogP) is 3.75. The van der Waals surface area contributed by atoms with Gasteiger partial charge in [-0.25, -0.2) is 4.39 Å². The van der Waals surface area contributed by atoms with Crippen molar-refractivity contribution in [2.45, 2.75) is 34.1 Å². The average Bonchev–Trinajstić information content (AvgIpc) is 2.10. The molecule has 0 spiro atoms. The van der Waals surface area contributed by atoms with Gasteiger partial charge >= 0.3 is 0 Å². The van der Waals surface area contributed by atoms with Gasteiger partial charge < -0.3 is 0 Å². The van der Waals surface area contributed by atoms with Crippen LogP contribution in [0.3, 0.4) is 0 Å². The Labute approximate surface area is 85.0 Å². The fraction of sp³-hybridized carbons (Fsp3) is 0.417. The first kappa shape index (κ1) is 12.8. The number of halogens is 1. The van der Waals surface area contributed by atoms with Crippen LogP contribution in [0.15, 0.2) is 18.2 Å². The van der Waals surface area contributed by atoms with Gasteiger partial charge in [0, 0.05) is 5.56 Å². The molecule has 0 radical (unpaired) electrons. The van der Waals surface area contributed by atoms with E-state index >= 15 is 0 Å². The third kappa shape index (κ3) is 4.17. The highest BCUT2D eigenvalue weighted by Crippen LogP contribution is 2.09. The first-order valence-electron chi connectivity index (χ1n) is 4.80. The van der Waals surface area contributed by atoms with Gasteiger partial charge in [0.15, 0.2) is 5.78 Å². The van der Waals surface area contributed by atoms with Gasteiger partial charge in [-0.15, -0.1) is 0 Å². The van der Waals surface area contributed by atoms with Crippen LogP contribution in [0.1, 0.15) is 43.1 Å². The Kier molecular flexibility index (Phi) is 5.77. The molecule has 1 aromatic carbocycles. The summed E-state index contributed by atoms with van der Waals surface area (Å²) in [7, 11) is 0. The Morgan fingerprint density at radius 2 is 1.86 bits per heavy atom. The van der Waals surface area contributed by atoms with Gasteiger partial charge in [0.1, 0.15) is 5.82 Å². The van der Waals surface area contributed by atoms with Crippen molar-refractivity contribution in [1.29, 1.82) is 0 Å². The van der Waals surface area contributed by atoms with E-state index in [1.807, 2.05) is 0 Å². The second-order valence-corrected chi connectivity index (χ2v) is 3.23. The third-order valence-corrected chi connectivity index (χ3v) is 1.56. The van der Waals surface area contributed by atoms with Crippen LogP contribution in [0.5, 0.6) is 0 Å². The maximum atomic E-state index is 12.7. The molecule has 1 rings (SSSR count). The number of rotatable bonds is 1. The van der Waals surface area contributed by atoms with Crippen molar-refractivity contribution in [3.05, 3.63) is 35.1 Å². The fourth-order valence-electron chi connectivity index (χ4n) is 0.864. The molecule has 0 aromatic heterocycles. The van der Waals surface area contributed by atoms with E-state index in [1.165, 1.54) is 25.5 Å². The lowest BCUT2D eigenvalue weighted by atomic mass is 10.1. The maximum Gasteiger partial charge on any atom is 0.159 e. The van der Waals surface area contributed by atoms with Gasteiger partial charge in [-0.05, 0) is 37.6 Å². The molecular weight excluding hydrogens is 179 g/mol. The first-order valence-corrected chi connectivity index (χ1v) is 4.80. The highest BCUT2D eigenvalue weighted by Gasteiger charge is 2.01. The summed E-state index contributed by atoms with van der Waals surface area (Å²) in [6.45, 7) is 7.36. The van der Waals surface area contributed by atoms with Gasteiger partial charge in [0.2, 0.25) is 0 Å². The van der Waals surface area contributed by atoms with Gasteiger partial charge in [0.05, 0.1) is 0 Å². The lowest BCUT2D eigenvalue weighted by Gasteiger charge is -1.97. The molecule has 1 aromatic rings. The van der Waals surface area contributed by atoms with Crippen molar-refractivity contribution in [1.82, 2.24) is 0 Å². The van der Waals surface area contributed by atoms with Crippen molar-refractivity contribution in [3.8, 4) is 0 Å². The summed E-state index contributed by atoms with van der Waals surface area (Å²) in [4.78, 5) is 10.8. The van der Waals surface area contributed by atoms with Crippen molar-refractivity contribution in [3.63, 3.8) is 0 Å². The summed E-state index contributed by atoms with van der Waals surface area (Å²) in [5.74, 6) is -0.303. The number of Topliss-reactive ketones (excluding diaryl/α,β-unsaturated/α-hetero) is 1. The quantitative estimate of drug-likeness (QED) is 0.625. The van der Waals surface area contributed by atoms with Crippen LogP contribution < -0.4 is 0 Å². The monoisotopic (exact) mass is 196 g/mol. The fourth-order valence-corrected chi connectivity index (χ4v) is 0.864. The molecule has 0 saturated carbocycles. The largest absolute Gasteiger partial charge is 0.295 e. The standard InChI is InChI=1S/C9H9FO.C3H8/c1-6-5-8(7(2)11)3-4-9(6)10;1-3-2/h3-5H,1-2H3;3H2,1-2H3. The summed E-state index contributed by atoms with van der Waals surface area (Å²) in [6.07, 6.45) is 1.25. The van der Waals surface area contributed by atoms with Gasteiger partial charge in [0.25, 0.3) is 0 Å². The lowest BCUT2D eigenvalue weighted by Crippen LogP contribution is -1.93. The van der Waals surface area contributed by atoms with E-state index in [0.717, 1.165) is 0 Å². The molecule has 0 aliphatic carbocycles. The van der Waals surface area contributed by atoms with Gasteiger partial charge in [-0.1, -0.05) is 20.3 Å². The van der Waals surface area contributed by atoms with E-state index in [2.05, 4.69) is 13.8 Å². The third-order valence-electron chi connectivity index (χ3n) is 1.56. The Bertz CT molecular complexity index is 305. The zero-order chi connectivity index (χ0) is 11.1. The van der Waals surface area contributed by atoms with Gasteiger partial charge in [-0.2, -0.15) is 0 Å². The maximum absolute atomic E-state index is 12.7. The molecule has 1 nitrogen and oxygen atoms in total. The summed E-state index contributed by atoms with van der Waals surface area (Å²) >= 11 is 0. The second kappa shape index (κ2) is 6.30. The molecular formula is C12H17FO. The molecule has 0 N–H and O–H groups in total. The molecule has 0 fully saturated rings. The number of carbonyl (C=O) groups is 1. The van der Waals surface area contributed by atoms with Crippen molar-refractivity contribution >= 4 is 5.78 Å². The number of hydrogen-bond donors (Lipinski definition) is 0. The minimum absolute atomic E-state index is 0.0342. The zero-order valence-electron chi connectivity index (χ0n) is 9.23. The van der Waals surface area contributed by atoms with E-state index < -0.39 is 0 Å². The van der Waals surface area contributed by atoms with E-state index in [4.69, 9.17) is 0 Å². The molecule has 2 heteroatoms. The molecule has 14 heavy (non-hydrogen) atoms. The van der Waals surface area contributed by atoms with Crippen LogP contribution in [0.2, 0.25) is 0 Å². The SMILES string of the molecule is CC(=O)c1ccc(F)c(C)c1.CCC. The first-order chi connectivity index (χ1) is 6.52. The van der Waals surface area contributed by atoms with E-state index in [9.17, 15) is 9.18 Å². The highest BCUT2D eigenvalue weighted by molar-refractivity contribution is 5.94. The molecule has 0 atom stereocenters. The number of hydrogen-bond acceptors (Lipinski definition) is 1. The minimum atomic E-state index is -0.269. The van der Waals surface area contributed by atoms with Crippen molar-refractivity contribution in [2.24, 2.45) is 0 Å². The van der Waals surface area contributed by atoms with Crippen molar-refractivity contribution in [2.75, 3.05) is 0 Å². The second-order valence-electron chi connectivity index (χ2n) is 3.23. The molecule has 0 amide bonds. The topological polar surface area (TPSA) is 17.1 Å². The highest BCUT2D eigenvalue weighted by atomic mass is 19.1. The molecule has 0 aliphatic rings. The van der Waals surface area contributed by atoms with Gasteiger partial charge in [-0.3, -0.25) is 4.79 Å². The Hall–Kier alpha value is -1.18. The molecule has 0 bridgehead atoms. The Morgan fingerprint density at radius 3 is 2.21 bits per heavy atom.